The van der Waals surface area contributed by atoms with E-state index < -0.39 is 5.97 Å². The first-order valence-electron chi connectivity index (χ1n) is 3.71. The minimum atomic E-state index is -0.956. The van der Waals surface area contributed by atoms with Gasteiger partial charge in [0.25, 0.3) is 0 Å². The predicted molar refractivity (Wildman–Crippen MR) is 45.2 cm³/mol. The molecule has 4 nitrogen and oxygen atoms in total. The van der Waals surface area contributed by atoms with Crippen LogP contribution in [0.5, 0.6) is 0 Å². The molecule has 0 atom stereocenters. The van der Waals surface area contributed by atoms with Crippen LogP contribution in [-0.4, -0.2) is 29.4 Å². The normalized spacial score (nSPS) is 9.42. The van der Waals surface area contributed by atoms with Crippen molar-refractivity contribution in [2.24, 2.45) is 0 Å². The molecular formula is C7H12ClNO3. The van der Waals surface area contributed by atoms with Crippen LogP contribution in [0.3, 0.4) is 0 Å². The van der Waals surface area contributed by atoms with E-state index in [9.17, 15) is 9.59 Å². The van der Waals surface area contributed by atoms with E-state index in [0.29, 0.717) is 18.8 Å². The van der Waals surface area contributed by atoms with Crippen molar-refractivity contribution in [1.29, 1.82) is 0 Å². The molecule has 0 saturated carbocycles. The van der Waals surface area contributed by atoms with Crippen LogP contribution < -0.4 is 5.32 Å². The summed E-state index contributed by atoms with van der Waals surface area (Å²) in [5, 5.41) is 10.8. The van der Waals surface area contributed by atoms with Crippen molar-refractivity contribution >= 4 is 23.5 Å². The van der Waals surface area contributed by atoms with E-state index in [4.69, 9.17) is 16.7 Å². The average Bonchev–Trinajstić information content (AvgIpc) is 2.01. The Morgan fingerprint density at radius 3 is 2.50 bits per heavy atom. The summed E-state index contributed by atoms with van der Waals surface area (Å²) >= 11 is 5.37. The van der Waals surface area contributed by atoms with Gasteiger partial charge in [-0.3, -0.25) is 9.59 Å². The lowest BCUT2D eigenvalue weighted by atomic mass is 10.3. The third-order valence-corrected chi connectivity index (χ3v) is 1.47. The predicted octanol–water partition coefficient (Wildman–Crippen LogP) is 0.596. The number of carbonyl (C=O) groups excluding carboxylic acids is 1. The molecule has 1 amide bonds. The lowest BCUT2D eigenvalue weighted by Crippen LogP contribution is -2.24. The van der Waals surface area contributed by atoms with E-state index in [1.54, 1.807) is 0 Å². The van der Waals surface area contributed by atoms with E-state index >= 15 is 0 Å². The monoisotopic (exact) mass is 193 g/mol. The van der Waals surface area contributed by atoms with Crippen molar-refractivity contribution in [3.63, 3.8) is 0 Å². The summed E-state index contributed by atoms with van der Waals surface area (Å²) in [5.74, 6) is -0.691. The Bertz CT molecular complexity index is 161. The second-order valence-electron chi connectivity index (χ2n) is 2.29. The standard InChI is InChI=1S/C7H12ClNO3/c8-4-1-5-9-6(10)2-3-7(11)12/h1-5H2,(H,9,10)(H,11,12). The number of alkyl halides is 1. The average molecular weight is 194 g/mol. The molecule has 0 aromatic heterocycles. The van der Waals surface area contributed by atoms with Crippen LogP contribution >= 0.6 is 11.6 Å². The van der Waals surface area contributed by atoms with Crippen LogP contribution in [0.1, 0.15) is 19.3 Å². The van der Waals surface area contributed by atoms with Crippen LogP contribution in [0.4, 0.5) is 0 Å². The molecule has 2 N–H and O–H groups in total. The Balaban J connectivity index is 3.28. The van der Waals surface area contributed by atoms with Crippen molar-refractivity contribution in [1.82, 2.24) is 5.32 Å². The Kier molecular flexibility index (Phi) is 6.47. The zero-order chi connectivity index (χ0) is 9.40. The van der Waals surface area contributed by atoms with Crippen LogP contribution in [0.2, 0.25) is 0 Å². The Morgan fingerprint density at radius 1 is 1.33 bits per heavy atom. The number of rotatable bonds is 6. The highest BCUT2D eigenvalue weighted by atomic mass is 35.5. The molecule has 12 heavy (non-hydrogen) atoms. The molecule has 0 aliphatic carbocycles. The topological polar surface area (TPSA) is 66.4 Å². The largest absolute Gasteiger partial charge is 0.481 e. The summed E-state index contributed by atoms with van der Waals surface area (Å²) in [6.07, 6.45) is 0.630. The van der Waals surface area contributed by atoms with Gasteiger partial charge in [-0.1, -0.05) is 0 Å². The number of amides is 1. The zero-order valence-corrected chi connectivity index (χ0v) is 7.43. The van der Waals surface area contributed by atoms with Crippen LogP contribution in [0, 0.1) is 0 Å². The smallest absolute Gasteiger partial charge is 0.303 e. The molecule has 0 spiro atoms. The first-order chi connectivity index (χ1) is 5.66. The molecule has 0 rings (SSSR count). The van der Waals surface area contributed by atoms with Crippen molar-refractivity contribution in [3.8, 4) is 0 Å². The number of hydrogen-bond acceptors (Lipinski definition) is 2. The maximum Gasteiger partial charge on any atom is 0.303 e. The summed E-state index contributed by atoms with van der Waals surface area (Å²) in [7, 11) is 0. The molecule has 70 valence electrons. The van der Waals surface area contributed by atoms with Crippen LogP contribution in [-0.2, 0) is 9.59 Å². The molecule has 0 aliphatic rings. The fraction of sp³-hybridized carbons (Fsp3) is 0.714. The second kappa shape index (κ2) is 6.91. The van der Waals surface area contributed by atoms with E-state index in [2.05, 4.69) is 5.32 Å². The van der Waals surface area contributed by atoms with Gasteiger partial charge in [-0.25, -0.2) is 0 Å². The summed E-state index contributed by atoms with van der Waals surface area (Å²) in [5.41, 5.74) is 0. The summed E-state index contributed by atoms with van der Waals surface area (Å²) < 4.78 is 0. The van der Waals surface area contributed by atoms with Gasteiger partial charge in [-0.05, 0) is 6.42 Å². The maximum atomic E-state index is 10.8. The van der Waals surface area contributed by atoms with Gasteiger partial charge in [0, 0.05) is 18.8 Å². The number of hydrogen-bond donors (Lipinski definition) is 2. The first-order valence-corrected chi connectivity index (χ1v) is 4.24. The van der Waals surface area contributed by atoms with Crippen molar-refractivity contribution in [2.45, 2.75) is 19.3 Å². The Hall–Kier alpha value is -0.770. The van der Waals surface area contributed by atoms with E-state index in [1.165, 1.54) is 0 Å². The van der Waals surface area contributed by atoms with Gasteiger partial charge in [0.1, 0.15) is 0 Å². The van der Waals surface area contributed by atoms with Crippen molar-refractivity contribution in [2.75, 3.05) is 12.4 Å². The quantitative estimate of drug-likeness (QED) is 0.480. The fourth-order valence-electron chi connectivity index (χ4n) is 0.603. The highest BCUT2D eigenvalue weighted by Gasteiger charge is 2.03. The van der Waals surface area contributed by atoms with Gasteiger partial charge in [0.15, 0.2) is 0 Å². The molecule has 0 bridgehead atoms. The van der Waals surface area contributed by atoms with E-state index in [-0.39, 0.29) is 18.7 Å². The minimum Gasteiger partial charge on any atom is -0.481 e. The van der Waals surface area contributed by atoms with E-state index in [1.807, 2.05) is 0 Å². The first kappa shape index (κ1) is 11.2. The molecule has 5 heteroatoms. The fourth-order valence-corrected chi connectivity index (χ4v) is 0.737. The van der Waals surface area contributed by atoms with Gasteiger partial charge in [-0.2, -0.15) is 0 Å². The molecule has 0 heterocycles. The number of halogens is 1. The molecule has 0 aromatic rings. The van der Waals surface area contributed by atoms with Gasteiger partial charge >= 0.3 is 5.97 Å². The van der Waals surface area contributed by atoms with Crippen LogP contribution in [0.15, 0.2) is 0 Å². The number of carboxylic acid groups (broad SMARTS) is 1. The Morgan fingerprint density at radius 2 is 2.00 bits per heavy atom. The van der Waals surface area contributed by atoms with Crippen molar-refractivity contribution in [3.05, 3.63) is 0 Å². The second-order valence-corrected chi connectivity index (χ2v) is 2.66. The molecule has 0 saturated heterocycles. The summed E-state index contributed by atoms with van der Waals surface area (Å²) in [6, 6.07) is 0. The molecular weight excluding hydrogens is 182 g/mol. The summed E-state index contributed by atoms with van der Waals surface area (Å²) in [6.45, 7) is 0.516. The third-order valence-electron chi connectivity index (χ3n) is 1.20. The lowest BCUT2D eigenvalue weighted by molar-refractivity contribution is -0.138. The van der Waals surface area contributed by atoms with E-state index in [0.717, 1.165) is 0 Å². The number of aliphatic carboxylic acids is 1. The molecule has 0 unspecified atom stereocenters. The SMILES string of the molecule is O=C(O)CCC(=O)NCCCCl. The zero-order valence-electron chi connectivity index (χ0n) is 6.68. The van der Waals surface area contributed by atoms with Crippen LogP contribution in [0.25, 0.3) is 0 Å². The maximum absolute atomic E-state index is 10.8. The van der Waals surface area contributed by atoms with Gasteiger partial charge < -0.3 is 10.4 Å². The summed E-state index contributed by atoms with van der Waals surface area (Å²) in [4.78, 5) is 20.8. The molecule has 0 aromatic carbocycles. The lowest BCUT2D eigenvalue weighted by Gasteiger charge is -2.01. The number of carboxylic acids is 1. The van der Waals surface area contributed by atoms with Crippen molar-refractivity contribution < 1.29 is 14.7 Å². The highest BCUT2D eigenvalue weighted by molar-refractivity contribution is 6.17. The number of nitrogens with one attached hydrogen (secondary N) is 1. The molecule has 0 radical (unpaired) electrons. The number of carbonyl (C=O) groups is 2. The third kappa shape index (κ3) is 7.34. The minimum absolute atomic E-state index is 0.0393. The van der Waals surface area contributed by atoms with Gasteiger partial charge in [-0.15, -0.1) is 11.6 Å². The Labute approximate surface area is 75.9 Å². The highest BCUT2D eigenvalue weighted by Crippen LogP contribution is 1.89. The molecule has 0 fully saturated rings. The molecule has 0 aliphatic heterocycles. The van der Waals surface area contributed by atoms with Gasteiger partial charge in [0.05, 0.1) is 6.42 Å². The van der Waals surface area contributed by atoms with Gasteiger partial charge in [0.2, 0.25) is 5.91 Å².